The van der Waals surface area contributed by atoms with Crippen LogP contribution in [0, 0.1) is 11.8 Å². The van der Waals surface area contributed by atoms with Crippen molar-refractivity contribution in [1.82, 2.24) is 0 Å². The van der Waals surface area contributed by atoms with Crippen LogP contribution in [0.15, 0.2) is 0 Å². The van der Waals surface area contributed by atoms with Gasteiger partial charge in [0.05, 0.1) is 6.61 Å². The first-order valence-electron chi connectivity index (χ1n) is 2.85. The lowest BCUT2D eigenvalue weighted by Crippen LogP contribution is -1.78. The Balaban J connectivity index is 0. The van der Waals surface area contributed by atoms with Crippen molar-refractivity contribution in [3.8, 4) is 11.8 Å². The van der Waals surface area contributed by atoms with Crippen molar-refractivity contribution >= 4 is 5.97 Å². The summed E-state index contributed by atoms with van der Waals surface area (Å²) in [7, 11) is 0. The Bertz CT molecular complexity index is 126. The summed E-state index contributed by atoms with van der Waals surface area (Å²) in [4.78, 5) is 9.00. The van der Waals surface area contributed by atoms with Crippen LogP contribution in [0.5, 0.6) is 0 Å². The highest BCUT2D eigenvalue weighted by atomic mass is 16.4. The van der Waals surface area contributed by atoms with Gasteiger partial charge in [-0.15, -0.1) is 11.8 Å². The van der Waals surface area contributed by atoms with Gasteiger partial charge < -0.3 is 10.2 Å². The predicted octanol–water partition coefficient (Wildman–Crippen LogP) is 0.483. The highest BCUT2D eigenvalue weighted by molar-refractivity contribution is 5.62. The zero-order valence-corrected chi connectivity index (χ0v) is 6.22. The second-order valence-corrected chi connectivity index (χ2v) is 1.42. The molecule has 3 nitrogen and oxygen atoms in total. The quantitative estimate of drug-likeness (QED) is 0.526. The van der Waals surface area contributed by atoms with Crippen LogP contribution >= 0.6 is 0 Å². The summed E-state index contributed by atoms with van der Waals surface area (Å²) in [5, 5.41) is 15.5. The van der Waals surface area contributed by atoms with E-state index in [-0.39, 0.29) is 6.61 Å². The third kappa shape index (κ3) is 63.3. The van der Waals surface area contributed by atoms with E-state index < -0.39 is 5.97 Å². The summed E-state index contributed by atoms with van der Waals surface area (Å²) in [5.74, 6) is 4.52. The van der Waals surface area contributed by atoms with E-state index in [1.165, 1.54) is 0 Å². The number of hydrogen-bond acceptors (Lipinski definition) is 2. The van der Waals surface area contributed by atoms with Crippen LogP contribution in [0.3, 0.4) is 0 Å². The van der Waals surface area contributed by atoms with Crippen LogP contribution < -0.4 is 0 Å². The van der Waals surface area contributed by atoms with Crippen LogP contribution in [0.2, 0.25) is 0 Å². The molecule has 0 saturated heterocycles. The zero-order chi connectivity index (χ0) is 8.41. The first-order chi connectivity index (χ1) is 4.65. The summed E-state index contributed by atoms with van der Waals surface area (Å²) >= 11 is 0. The summed E-state index contributed by atoms with van der Waals surface area (Å²) in [5.41, 5.74) is 0. The van der Waals surface area contributed by atoms with E-state index in [2.05, 4.69) is 11.8 Å². The maximum absolute atomic E-state index is 9.00. The standard InChI is InChI=1S/C5H8O.C2H4O2/c1-2-3-4-5-6;1-2(3)4/h6H,4-5H2,1H3;1H3,(H,3,4). The maximum atomic E-state index is 9.00. The second-order valence-electron chi connectivity index (χ2n) is 1.42. The highest BCUT2D eigenvalue weighted by Crippen LogP contribution is 1.65. The number of aliphatic hydroxyl groups excluding tert-OH is 1. The molecule has 2 N–H and O–H groups in total. The van der Waals surface area contributed by atoms with E-state index in [1.54, 1.807) is 6.92 Å². The van der Waals surface area contributed by atoms with Crippen LogP contribution in [0.25, 0.3) is 0 Å². The third-order valence-electron chi connectivity index (χ3n) is 0.414. The molecule has 0 aromatic rings. The van der Waals surface area contributed by atoms with Crippen molar-refractivity contribution in [2.24, 2.45) is 0 Å². The molecular formula is C7H12O3. The number of rotatable bonds is 1. The molecule has 0 amide bonds. The lowest BCUT2D eigenvalue weighted by molar-refractivity contribution is -0.134. The number of carbonyl (C=O) groups is 1. The molecule has 0 aromatic carbocycles. The number of aliphatic hydroxyl groups is 1. The number of hydrogen-bond donors (Lipinski definition) is 2. The fraction of sp³-hybridized carbons (Fsp3) is 0.571. The molecule has 0 heterocycles. The van der Waals surface area contributed by atoms with Gasteiger partial charge in [-0.1, -0.05) is 0 Å². The topological polar surface area (TPSA) is 57.5 Å². The first-order valence-corrected chi connectivity index (χ1v) is 2.85. The number of carboxylic acid groups (broad SMARTS) is 1. The van der Waals surface area contributed by atoms with Crippen LogP contribution in [0.4, 0.5) is 0 Å². The normalized spacial score (nSPS) is 6.30. The molecule has 58 valence electrons. The molecule has 3 heteroatoms. The van der Waals surface area contributed by atoms with Crippen molar-refractivity contribution < 1.29 is 15.0 Å². The molecule has 10 heavy (non-hydrogen) atoms. The molecular weight excluding hydrogens is 132 g/mol. The molecule has 0 aromatic heterocycles. The van der Waals surface area contributed by atoms with E-state index >= 15 is 0 Å². The Hall–Kier alpha value is -1.01. The van der Waals surface area contributed by atoms with Crippen LogP contribution in [-0.2, 0) is 4.79 Å². The molecule has 0 aliphatic heterocycles. The molecule has 0 atom stereocenters. The summed E-state index contributed by atoms with van der Waals surface area (Å²) in [6.45, 7) is 3.02. The van der Waals surface area contributed by atoms with Crippen LogP contribution in [0.1, 0.15) is 20.3 Å². The minimum Gasteiger partial charge on any atom is -0.481 e. The van der Waals surface area contributed by atoms with Crippen molar-refractivity contribution in [2.75, 3.05) is 6.61 Å². The van der Waals surface area contributed by atoms with Gasteiger partial charge in [0.15, 0.2) is 0 Å². The Labute approximate surface area is 60.7 Å². The Morgan fingerprint density at radius 1 is 1.60 bits per heavy atom. The van der Waals surface area contributed by atoms with Crippen molar-refractivity contribution in [3.63, 3.8) is 0 Å². The van der Waals surface area contributed by atoms with Gasteiger partial charge >= 0.3 is 0 Å². The molecule has 0 aliphatic carbocycles. The monoisotopic (exact) mass is 144 g/mol. The molecule has 0 fully saturated rings. The van der Waals surface area contributed by atoms with Crippen molar-refractivity contribution in [3.05, 3.63) is 0 Å². The fourth-order valence-electron chi connectivity index (χ4n) is 0.181. The van der Waals surface area contributed by atoms with Gasteiger partial charge in [-0.25, -0.2) is 0 Å². The van der Waals surface area contributed by atoms with E-state index in [0.717, 1.165) is 6.92 Å². The number of carboxylic acids is 1. The molecule has 0 saturated carbocycles. The second kappa shape index (κ2) is 10.9. The van der Waals surface area contributed by atoms with Gasteiger partial charge in [-0.05, 0) is 6.92 Å². The van der Waals surface area contributed by atoms with Gasteiger partial charge in [-0.2, -0.15) is 0 Å². The molecule has 0 rings (SSSR count). The number of aliphatic carboxylic acids is 1. The smallest absolute Gasteiger partial charge is 0.300 e. The van der Waals surface area contributed by atoms with Gasteiger partial charge in [0.1, 0.15) is 0 Å². The lowest BCUT2D eigenvalue weighted by Gasteiger charge is -1.72. The van der Waals surface area contributed by atoms with Crippen molar-refractivity contribution in [1.29, 1.82) is 0 Å². The largest absolute Gasteiger partial charge is 0.481 e. The Kier molecular flexibility index (Phi) is 12.8. The minimum absolute atomic E-state index is 0.181. The molecule has 0 aliphatic rings. The highest BCUT2D eigenvalue weighted by Gasteiger charge is 1.65. The molecule has 0 unspecified atom stereocenters. The summed E-state index contributed by atoms with van der Waals surface area (Å²) < 4.78 is 0. The lowest BCUT2D eigenvalue weighted by atomic mass is 10.5. The van der Waals surface area contributed by atoms with Gasteiger partial charge in [0.25, 0.3) is 5.97 Å². The first kappa shape index (κ1) is 11.7. The fourth-order valence-corrected chi connectivity index (χ4v) is 0.181. The minimum atomic E-state index is -0.833. The molecule has 0 bridgehead atoms. The van der Waals surface area contributed by atoms with Gasteiger partial charge in [0.2, 0.25) is 0 Å². The van der Waals surface area contributed by atoms with E-state index in [0.29, 0.717) is 6.42 Å². The molecule has 0 radical (unpaired) electrons. The summed E-state index contributed by atoms with van der Waals surface area (Å²) in [6, 6.07) is 0. The maximum Gasteiger partial charge on any atom is 0.300 e. The van der Waals surface area contributed by atoms with Crippen LogP contribution in [-0.4, -0.2) is 22.8 Å². The SMILES string of the molecule is CC#CCCO.CC(=O)O. The average molecular weight is 144 g/mol. The van der Waals surface area contributed by atoms with E-state index in [4.69, 9.17) is 15.0 Å². The Morgan fingerprint density at radius 3 is 2.10 bits per heavy atom. The van der Waals surface area contributed by atoms with Gasteiger partial charge in [0, 0.05) is 13.3 Å². The van der Waals surface area contributed by atoms with Gasteiger partial charge in [-0.3, -0.25) is 4.79 Å². The van der Waals surface area contributed by atoms with Crippen molar-refractivity contribution in [2.45, 2.75) is 20.3 Å². The zero-order valence-electron chi connectivity index (χ0n) is 6.22. The Morgan fingerprint density at radius 2 is 2.00 bits per heavy atom. The van der Waals surface area contributed by atoms with E-state index in [9.17, 15) is 0 Å². The average Bonchev–Trinajstić information content (AvgIpc) is 1.82. The van der Waals surface area contributed by atoms with E-state index in [1.807, 2.05) is 0 Å². The third-order valence-corrected chi connectivity index (χ3v) is 0.414. The predicted molar refractivity (Wildman–Crippen MR) is 38.5 cm³/mol. The molecule has 0 spiro atoms. The summed E-state index contributed by atoms with van der Waals surface area (Å²) in [6.07, 6.45) is 0.608.